The minimum absolute atomic E-state index is 0.0186. The summed E-state index contributed by atoms with van der Waals surface area (Å²) in [5.41, 5.74) is 7.93. The Hall–Kier alpha value is -2.12. The first-order valence-electron chi connectivity index (χ1n) is 13.1. The van der Waals surface area contributed by atoms with Crippen molar-refractivity contribution in [2.24, 2.45) is 11.7 Å². The van der Waals surface area contributed by atoms with E-state index in [4.69, 9.17) is 10.5 Å². The van der Waals surface area contributed by atoms with Crippen molar-refractivity contribution in [2.75, 3.05) is 32.7 Å². The van der Waals surface area contributed by atoms with Gasteiger partial charge in [0.1, 0.15) is 5.60 Å². The molecule has 7 nitrogen and oxygen atoms in total. The van der Waals surface area contributed by atoms with Gasteiger partial charge in [-0.2, -0.15) is 0 Å². The van der Waals surface area contributed by atoms with E-state index in [1.165, 1.54) is 37.7 Å². The summed E-state index contributed by atoms with van der Waals surface area (Å²) in [7, 11) is 0. The molecule has 0 bridgehead atoms. The lowest BCUT2D eigenvalue weighted by Crippen LogP contribution is -2.52. The number of piperazine rings is 1. The predicted octanol–water partition coefficient (Wildman–Crippen LogP) is 3.73. The molecule has 3 N–H and O–H groups in total. The van der Waals surface area contributed by atoms with Crippen molar-refractivity contribution in [3.8, 4) is 0 Å². The number of carbonyl (C=O) groups excluding carboxylic acids is 2. The molecule has 1 saturated carbocycles. The van der Waals surface area contributed by atoms with Gasteiger partial charge in [0.15, 0.2) is 0 Å². The van der Waals surface area contributed by atoms with Crippen LogP contribution in [0.2, 0.25) is 0 Å². The lowest BCUT2D eigenvalue weighted by atomic mass is 9.75. The predicted molar refractivity (Wildman–Crippen MR) is 134 cm³/mol. The summed E-state index contributed by atoms with van der Waals surface area (Å²) in [6.07, 6.45) is 7.49. The van der Waals surface area contributed by atoms with Crippen molar-refractivity contribution in [1.82, 2.24) is 15.1 Å². The lowest BCUT2D eigenvalue weighted by Gasteiger charge is -2.40. The molecule has 3 aliphatic rings. The summed E-state index contributed by atoms with van der Waals surface area (Å²) in [4.78, 5) is 28.9. The van der Waals surface area contributed by atoms with Crippen LogP contribution in [0.15, 0.2) is 24.3 Å². The van der Waals surface area contributed by atoms with Crippen LogP contribution in [-0.4, -0.2) is 72.2 Å². The molecule has 34 heavy (non-hydrogen) atoms. The highest BCUT2D eigenvalue weighted by molar-refractivity contribution is 5.94. The highest BCUT2D eigenvalue weighted by Gasteiger charge is 2.34. The first-order valence-corrected chi connectivity index (χ1v) is 13.1. The van der Waals surface area contributed by atoms with Crippen LogP contribution in [0.4, 0.5) is 4.79 Å². The maximum atomic E-state index is 13.1. The van der Waals surface area contributed by atoms with Gasteiger partial charge in [0.25, 0.3) is 5.91 Å². The largest absolute Gasteiger partial charge is 0.444 e. The topological polar surface area (TPSA) is 87.9 Å². The monoisotopic (exact) mass is 470 g/mol. The highest BCUT2D eigenvalue weighted by Crippen LogP contribution is 2.35. The van der Waals surface area contributed by atoms with Gasteiger partial charge < -0.3 is 25.6 Å². The van der Waals surface area contributed by atoms with Gasteiger partial charge in [-0.3, -0.25) is 4.79 Å². The Morgan fingerprint density at radius 1 is 0.971 bits per heavy atom. The quantitative estimate of drug-likeness (QED) is 0.703. The van der Waals surface area contributed by atoms with Crippen molar-refractivity contribution in [2.45, 2.75) is 82.9 Å². The average molecular weight is 471 g/mol. The smallest absolute Gasteiger partial charge is 0.410 e. The molecule has 0 aromatic heterocycles. The number of ether oxygens (including phenoxy) is 1. The second kappa shape index (κ2) is 10.6. The Kier molecular flexibility index (Phi) is 7.83. The molecule has 2 amide bonds. The zero-order chi connectivity index (χ0) is 24.3. The second-order valence-electron chi connectivity index (χ2n) is 11.3. The number of nitrogens with zero attached hydrogens (tertiary/aromatic N) is 2. The van der Waals surface area contributed by atoms with Crippen LogP contribution in [0.25, 0.3) is 0 Å². The normalized spacial score (nSPS) is 26.9. The van der Waals surface area contributed by atoms with Crippen LogP contribution in [-0.2, 0) is 4.74 Å². The Balaban J connectivity index is 1.33. The lowest BCUT2D eigenvalue weighted by molar-refractivity contribution is 0.0141. The fraction of sp³-hybridized carbons (Fsp3) is 0.704. The number of hydrogen-bond acceptors (Lipinski definition) is 5. The molecule has 2 aliphatic heterocycles. The summed E-state index contributed by atoms with van der Waals surface area (Å²) in [6, 6.07) is 8.73. The fourth-order valence-electron chi connectivity index (χ4n) is 5.71. The number of carbonyl (C=O) groups is 2. The third-order valence-electron chi connectivity index (χ3n) is 7.66. The number of nitrogens with two attached hydrogens (primary N) is 1. The molecule has 188 valence electrons. The molecule has 3 unspecified atom stereocenters. The molecule has 1 aliphatic carbocycles. The molecule has 3 atom stereocenters. The molecule has 4 rings (SSSR count). The molecule has 1 aromatic rings. The maximum Gasteiger partial charge on any atom is 0.410 e. The summed E-state index contributed by atoms with van der Waals surface area (Å²) >= 11 is 0. The summed E-state index contributed by atoms with van der Waals surface area (Å²) in [5, 5.41) is 3.71. The Labute approximate surface area is 204 Å². The summed E-state index contributed by atoms with van der Waals surface area (Å²) in [6.45, 7) is 8.46. The van der Waals surface area contributed by atoms with E-state index in [0.29, 0.717) is 43.7 Å². The van der Waals surface area contributed by atoms with E-state index in [2.05, 4.69) is 17.4 Å². The molecule has 2 heterocycles. The third-order valence-corrected chi connectivity index (χ3v) is 7.66. The molecular formula is C27H42N4O3. The van der Waals surface area contributed by atoms with Crippen molar-refractivity contribution in [1.29, 1.82) is 0 Å². The van der Waals surface area contributed by atoms with E-state index in [-0.39, 0.29) is 18.0 Å². The van der Waals surface area contributed by atoms with Gasteiger partial charge >= 0.3 is 6.09 Å². The third kappa shape index (κ3) is 6.11. The van der Waals surface area contributed by atoms with Crippen molar-refractivity contribution >= 4 is 12.0 Å². The van der Waals surface area contributed by atoms with E-state index in [9.17, 15) is 9.59 Å². The highest BCUT2D eigenvalue weighted by atomic mass is 16.6. The van der Waals surface area contributed by atoms with E-state index in [1.807, 2.05) is 37.8 Å². The molecular weight excluding hydrogens is 428 g/mol. The van der Waals surface area contributed by atoms with Gasteiger partial charge in [0, 0.05) is 56.3 Å². The maximum absolute atomic E-state index is 13.1. The van der Waals surface area contributed by atoms with Crippen LogP contribution in [0.3, 0.4) is 0 Å². The SMILES string of the molecule is CC(C)(C)OC(=O)N1CCN(C(=O)c2ccc(C3CC(C4CCCCC4)NCC3N)cc2)CC1. The average Bonchev–Trinajstić information content (AvgIpc) is 2.84. The zero-order valence-corrected chi connectivity index (χ0v) is 21.1. The molecule has 2 saturated heterocycles. The van der Waals surface area contributed by atoms with Crippen LogP contribution >= 0.6 is 0 Å². The molecule has 7 heteroatoms. The van der Waals surface area contributed by atoms with Gasteiger partial charge in [-0.15, -0.1) is 0 Å². The van der Waals surface area contributed by atoms with Crippen LogP contribution < -0.4 is 11.1 Å². The second-order valence-corrected chi connectivity index (χ2v) is 11.3. The van der Waals surface area contributed by atoms with Crippen molar-refractivity contribution in [3.05, 3.63) is 35.4 Å². The van der Waals surface area contributed by atoms with E-state index >= 15 is 0 Å². The number of benzene rings is 1. The molecule has 0 spiro atoms. The number of hydrogen-bond donors (Lipinski definition) is 2. The number of rotatable bonds is 3. The Morgan fingerprint density at radius 3 is 2.21 bits per heavy atom. The summed E-state index contributed by atoms with van der Waals surface area (Å²) in [5.74, 6) is 1.11. The van der Waals surface area contributed by atoms with Crippen molar-refractivity contribution in [3.63, 3.8) is 0 Å². The van der Waals surface area contributed by atoms with Gasteiger partial charge in [0.2, 0.25) is 0 Å². The van der Waals surface area contributed by atoms with Crippen LogP contribution in [0, 0.1) is 5.92 Å². The van der Waals surface area contributed by atoms with E-state index in [0.717, 1.165) is 18.9 Å². The molecule has 3 fully saturated rings. The van der Waals surface area contributed by atoms with Gasteiger partial charge in [-0.05, 0) is 63.6 Å². The number of nitrogens with one attached hydrogen (secondary N) is 1. The zero-order valence-electron chi connectivity index (χ0n) is 21.1. The van der Waals surface area contributed by atoms with Gasteiger partial charge in [-0.1, -0.05) is 31.4 Å². The first-order chi connectivity index (χ1) is 16.2. The van der Waals surface area contributed by atoms with Crippen molar-refractivity contribution < 1.29 is 14.3 Å². The summed E-state index contributed by atoms with van der Waals surface area (Å²) < 4.78 is 5.45. The molecule has 0 radical (unpaired) electrons. The van der Waals surface area contributed by atoms with Gasteiger partial charge in [-0.25, -0.2) is 4.79 Å². The Bertz CT molecular complexity index is 836. The van der Waals surface area contributed by atoms with Crippen LogP contribution in [0.5, 0.6) is 0 Å². The van der Waals surface area contributed by atoms with E-state index < -0.39 is 5.60 Å². The minimum Gasteiger partial charge on any atom is -0.444 e. The molecule has 1 aromatic carbocycles. The van der Waals surface area contributed by atoms with E-state index in [1.54, 1.807) is 4.90 Å². The number of amides is 2. The first kappa shape index (κ1) is 25.0. The van der Waals surface area contributed by atoms with Crippen LogP contribution in [0.1, 0.15) is 81.1 Å². The Morgan fingerprint density at radius 2 is 1.59 bits per heavy atom. The number of piperidine rings is 1. The standard InChI is InChI=1S/C27H42N4O3/c1-27(2,3)34-26(33)31-15-13-30(14-16-31)25(32)21-11-9-19(10-12-21)22-17-24(29-18-23(22)28)20-7-5-4-6-8-20/h9-12,20,22-24,29H,4-8,13-18,28H2,1-3H3. The minimum atomic E-state index is -0.515. The van der Waals surface area contributed by atoms with Gasteiger partial charge in [0.05, 0.1) is 0 Å². The fourth-order valence-corrected chi connectivity index (χ4v) is 5.71.